The molecule has 3 rings (SSSR count). The summed E-state index contributed by atoms with van der Waals surface area (Å²) in [5.74, 6) is -0.131. The molecular formula is C12H10ClNO3S. The van der Waals surface area contributed by atoms with Gasteiger partial charge in [-0.1, -0.05) is 18.2 Å². The number of alkyl halides is 1. The largest absolute Gasteiger partial charge is 0.310 e. The Morgan fingerprint density at radius 2 is 2.00 bits per heavy atom. The summed E-state index contributed by atoms with van der Waals surface area (Å²) in [4.78, 5) is 13.5. The Balaban J connectivity index is 2.13. The molecule has 0 saturated carbocycles. The zero-order valence-corrected chi connectivity index (χ0v) is 10.9. The van der Waals surface area contributed by atoms with E-state index >= 15 is 0 Å². The number of nitrogens with zero attached hydrogens (tertiary/aromatic N) is 1. The van der Waals surface area contributed by atoms with Crippen molar-refractivity contribution < 1.29 is 13.2 Å². The molecular weight excluding hydrogens is 274 g/mol. The summed E-state index contributed by atoms with van der Waals surface area (Å²) < 4.78 is 23.9. The van der Waals surface area contributed by atoms with Gasteiger partial charge in [0.2, 0.25) is 15.7 Å². The van der Waals surface area contributed by atoms with Gasteiger partial charge in [-0.25, -0.2) is 8.42 Å². The second-order valence-electron chi connectivity index (χ2n) is 4.35. The number of hydrogen-bond donors (Lipinski definition) is 0. The van der Waals surface area contributed by atoms with E-state index in [1.165, 1.54) is 4.90 Å². The molecule has 2 aliphatic heterocycles. The normalized spacial score (nSPS) is 25.2. The highest BCUT2D eigenvalue weighted by molar-refractivity contribution is 7.95. The van der Waals surface area contributed by atoms with Crippen LogP contribution in [-0.4, -0.2) is 31.1 Å². The number of fused-ring (bicyclic) bond motifs is 1. The average molecular weight is 284 g/mol. The van der Waals surface area contributed by atoms with Crippen LogP contribution in [0.3, 0.4) is 0 Å². The van der Waals surface area contributed by atoms with E-state index in [4.69, 9.17) is 11.6 Å². The summed E-state index contributed by atoms with van der Waals surface area (Å²) >= 11 is 5.94. The van der Waals surface area contributed by atoms with Crippen molar-refractivity contribution in [2.24, 2.45) is 0 Å². The summed E-state index contributed by atoms with van der Waals surface area (Å²) in [6.45, 7) is 0.357. The average Bonchev–Trinajstić information content (AvgIpc) is 2.78. The fourth-order valence-electron chi connectivity index (χ4n) is 2.31. The molecule has 0 aromatic heterocycles. The van der Waals surface area contributed by atoms with Crippen LogP contribution in [0.2, 0.25) is 0 Å². The van der Waals surface area contributed by atoms with Gasteiger partial charge < -0.3 is 4.90 Å². The summed E-state index contributed by atoms with van der Waals surface area (Å²) in [7, 11) is -3.43. The summed E-state index contributed by atoms with van der Waals surface area (Å²) in [5.41, 5.74) is 1.02. The van der Waals surface area contributed by atoms with Gasteiger partial charge >= 0.3 is 0 Å². The lowest BCUT2D eigenvalue weighted by Crippen LogP contribution is -2.23. The fraction of sp³-hybridized carbons (Fsp3) is 0.250. The van der Waals surface area contributed by atoms with Crippen molar-refractivity contribution in [1.82, 2.24) is 4.90 Å². The van der Waals surface area contributed by atoms with Crippen LogP contribution in [0.4, 0.5) is 0 Å². The minimum atomic E-state index is -3.43. The van der Waals surface area contributed by atoms with Gasteiger partial charge in [0.05, 0.1) is 21.4 Å². The van der Waals surface area contributed by atoms with Crippen LogP contribution >= 0.6 is 11.6 Å². The standard InChI is InChI=1S/C12H10ClNO3S/c13-8-5-12(15)14(6-8)10-7-18(16,17)11-4-2-1-3-9(10)11/h1-4,7-8H,5-6H2. The predicted octanol–water partition coefficient (Wildman–Crippen LogP) is 1.61. The van der Waals surface area contributed by atoms with Crippen molar-refractivity contribution in [1.29, 1.82) is 0 Å². The van der Waals surface area contributed by atoms with E-state index in [9.17, 15) is 13.2 Å². The number of carbonyl (C=O) groups is 1. The molecule has 0 spiro atoms. The highest BCUT2D eigenvalue weighted by atomic mass is 35.5. The molecule has 2 aliphatic rings. The Labute approximate surface area is 110 Å². The molecule has 1 amide bonds. The second-order valence-corrected chi connectivity index (χ2v) is 6.73. The zero-order valence-electron chi connectivity index (χ0n) is 9.34. The SMILES string of the molecule is O=C1CC(Cl)CN1C1=CS(=O)(=O)c2ccccc21. The van der Waals surface area contributed by atoms with Crippen molar-refractivity contribution in [3.05, 3.63) is 35.2 Å². The monoisotopic (exact) mass is 283 g/mol. The van der Waals surface area contributed by atoms with Crippen LogP contribution < -0.4 is 0 Å². The Morgan fingerprint density at radius 3 is 2.67 bits per heavy atom. The van der Waals surface area contributed by atoms with Gasteiger partial charge in [-0.15, -0.1) is 11.6 Å². The molecule has 0 aliphatic carbocycles. The first-order valence-corrected chi connectivity index (χ1v) is 7.48. The molecule has 1 unspecified atom stereocenters. The van der Waals surface area contributed by atoms with Crippen molar-refractivity contribution in [3.63, 3.8) is 0 Å². The molecule has 4 nitrogen and oxygen atoms in total. The van der Waals surface area contributed by atoms with Crippen LogP contribution in [0.15, 0.2) is 34.6 Å². The Hall–Kier alpha value is -1.33. The van der Waals surface area contributed by atoms with Crippen LogP contribution in [0, 0.1) is 0 Å². The zero-order chi connectivity index (χ0) is 12.9. The van der Waals surface area contributed by atoms with Crippen molar-refractivity contribution >= 4 is 33.0 Å². The quantitative estimate of drug-likeness (QED) is 0.736. The Bertz CT molecular complexity index is 666. The Kier molecular flexibility index (Phi) is 2.50. The first-order chi connectivity index (χ1) is 8.49. The molecule has 1 aromatic carbocycles. The summed E-state index contributed by atoms with van der Waals surface area (Å²) in [5, 5.41) is 0.902. The smallest absolute Gasteiger partial charge is 0.228 e. The van der Waals surface area contributed by atoms with Gasteiger partial charge in [0.25, 0.3) is 0 Å². The number of carbonyl (C=O) groups excluding carboxylic acids is 1. The lowest BCUT2D eigenvalue weighted by atomic mass is 10.1. The highest BCUT2D eigenvalue weighted by Gasteiger charge is 2.36. The third-order valence-corrected chi connectivity index (χ3v) is 4.90. The first kappa shape index (κ1) is 11.7. The van der Waals surface area contributed by atoms with E-state index in [0.717, 1.165) is 5.41 Å². The van der Waals surface area contributed by atoms with Crippen LogP contribution in [0.5, 0.6) is 0 Å². The third-order valence-electron chi connectivity index (χ3n) is 3.10. The minimum Gasteiger partial charge on any atom is -0.310 e. The van der Waals surface area contributed by atoms with Crippen LogP contribution in [0.1, 0.15) is 12.0 Å². The fourth-order valence-corrected chi connectivity index (χ4v) is 4.00. The van der Waals surface area contributed by atoms with Crippen LogP contribution in [0.25, 0.3) is 5.70 Å². The van der Waals surface area contributed by atoms with E-state index in [1.54, 1.807) is 24.3 Å². The van der Waals surface area contributed by atoms with Gasteiger partial charge in [0, 0.05) is 18.5 Å². The molecule has 6 heteroatoms. The van der Waals surface area contributed by atoms with Crippen molar-refractivity contribution in [2.75, 3.05) is 6.54 Å². The number of hydrogen-bond acceptors (Lipinski definition) is 3. The van der Waals surface area contributed by atoms with Gasteiger partial charge in [-0.05, 0) is 6.07 Å². The van der Waals surface area contributed by atoms with E-state index in [1.807, 2.05) is 0 Å². The molecule has 1 aromatic rings. The van der Waals surface area contributed by atoms with E-state index in [0.29, 0.717) is 17.8 Å². The van der Waals surface area contributed by atoms with Crippen molar-refractivity contribution in [3.8, 4) is 0 Å². The van der Waals surface area contributed by atoms with Gasteiger partial charge in [-0.2, -0.15) is 0 Å². The molecule has 1 fully saturated rings. The molecule has 0 N–H and O–H groups in total. The van der Waals surface area contributed by atoms with Crippen LogP contribution in [-0.2, 0) is 14.6 Å². The molecule has 0 radical (unpaired) electrons. The second kappa shape index (κ2) is 3.83. The highest BCUT2D eigenvalue weighted by Crippen LogP contribution is 2.37. The summed E-state index contributed by atoms with van der Waals surface area (Å²) in [6, 6.07) is 6.68. The predicted molar refractivity (Wildman–Crippen MR) is 67.6 cm³/mol. The lowest BCUT2D eigenvalue weighted by molar-refractivity contribution is -0.124. The maximum atomic E-state index is 12.0. The van der Waals surface area contributed by atoms with Crippen molar-refractivity contribution in [2.45, 2.75) is 16.7 Å². The van der Waals surface area contributed by atoms with Gasteiger partial charge in [0.15, 0.2) is 0 Å². The Morgan fingerprint density at radius 1 is 1.28 bits per heavy atom. The molecule has 94 valence electrons. The lowest BCUT2D eigenvalue weighted by Gasteiger charge is -2.17. The number of halogens is 1. The summed E-state index contributed by atoms with van der Waals surface area (Å²) in [6.07, 6.45) is 0.251. The third kappa shape index (κ3) is 1.66. The minimum absolute atomic E-state index is 0.131. The number of rotatable bonds is 1. The molecule has 18 heavy (non-hydrogen) atoms. The van der Waals surface area contributed by atoms with E-state index < -0.39 is 9.84 Å². The molecule has 0 bridgehead atoms. The van der Waals surface area contributed by atoms with Gasteiger partial charge in [0.1, 0.15) is 0 Å². The topological polar surface area (TPSA) is 54.5 Å². The first-order valence-electron chi connectivity index (χ1n) is 5.50. The van der Waals surface area contributed by atoms with E-state index in [-0.39, 0.29) is 22.6 Å². The molecule has 1 saturated heterocycles. The number of sulfone groups is 1. The number of benzene rings is 1. The number of amides is 1. The molecule has 2 heterocycles. The maximum absolute atomic E-state index is 12.0. The maximum Gasteiger partial charge on any atom is 0.228 e. The van der Waals surface area contributed by atoms with Gasteiger partial charge in [-0.3, -0.25) is 4.79 Å². The number of likely N-dealkylation sites (tertiary alicyclic amines) is 1. The molecule has 1 atom stereocenters. The van der Waals surface area contributed by atoms with E-state index in [2.05, 4.69) is 0 Å².